The van der Waals surface area contributed by atoms with Crippen LogP contribution in [0.4, 0.5) is 0 Å². The summed E-state index contributed by atoms with van der Waals surface area (Å²) < 4.78 is 5.96. The maximum atomic E-state index is 12.2. The first-order chi connectivity index (χ1) is 12.3. The van der Waals surface area contributed by atoms with Gasteiger partial charge in [0.2, 0.25) is 0 Å². The van der Waals surface area contributed by atoms with Crippen molar-refractivity contribution in [2.75, 3.05) is 11.5 Å². The third-order valence-electron chi connectivity index (χ3n) is 3.65. The second-order valence-corrected chi connectivity index (χ2v) is 9.81. The Hall–Kier alpha value is -1.28. The molecule has 4 rings (SSSR count). The molecule has 25 heavy (non-hydrogen) atoms. The Balaban J connectivity index is 1.35. The number of esters is 1. The number of ether oxygens (including phenoxy) is 1. The smallest absolute Gasteiger partial charge is 0.317 e. The summed E-state index contributed by atoms with van der Waals surface area (Å²) in [6.45, 7) is 0. The van der Waals surface area contributed by atoms with Crippen LogP contribution in [0.3, 0.4) is 0 Å². The van der Waals surface area contributed by atoms with Crippen LogP contribution in [0.1, 0.15) is 15.8 Å². The molecule has 128 valence electrons. The Morgan fingerprint density at radius 1 is 1.12 bits per heavy atom. The lowest BCUT2D eigenvalue weighted by Crippen LogP contribution is -2.11. The predicted octanol–water partition coefficient (Wildman–Crippen LogP) is 5.50. The zero-order valence-electron chi connectivity index (χ0n) is 13.2. The SMILES string of the molecule is O=C(Cc1csc(-c2ccsc2)n1)Oc1ccc(C2SCCS2)cc1. The number of thiazole rings is 1. The molecular formula is C18H15NO2S4. The first-order valence-electron chi connectivity index (χ1n) is 7.79. The molecule has 0 amide bonds. The zero-order chi connectivity index (χ0) is 17.1. The van der Waals surface area contributed by atoms with E-state index in [2.05, 4.69) is 22.5 Å². The van der Waals surface area contributed by atoms with Crippen molar-refractivity contribution >= 4 is 52.2 Å². The summed E-state index contributed by atoms with van der Waals surface area (Å²) >= 11 is 7.13. The van der Waals surface area contributed by atoms with E-state index in [0.717, 1.165) is 16.3 Å². The van der Waals surface area contributed by atoms with Crippen LogP contribution in [0.15, 0.2) is 46.5 Å². The predicted molar refractivity (Wildman–Crippen MR) is 109 cm³/mol. The molecule has 3 heterocycles. The largest absolute Gasteiger partial charge is 0.426 e. The van der Waals surface area contributed by atoms with Crippen LogP contribution >= 0.6 is 46.2 Å². The third-order valence-corrected chi connectivity index (χ3v) is 8.38. The van der Waals surface area contributed by atoms with Crippen LogP contribution < -0.4 is 4.74 Å². The molecule has 0 unspecified atom stereocenters. The third kappa shape index (κ3) is 4.28. The van der Waals surface area contributed by atoms with Crippen molar-refractivity contribution in [2.45, 2.75) is 11.0 Å². The Kier molecular flexibility index (Phi) is 5.45. The highest BCUT2D eigenvalue weighted by atomic mass is 32.2. The monoisotopic (exact) mass is 405 g/mol. The fourth-order valence-corrected chi connectivity index (χ4v) is 6.86. The number of thioether (sulfide) groups is 2. The van der Waals surface area contributed by atoms with E-state index < -0.39 is 0 Å². The van der Waals surface area contributed by atoms with E-state index in [0.29, 0.717) is 10.3 Å². The Bertz CT molecular complexity index is 836. The van der Waals surface area contributed by atoms with Crippen molar-refractivity contribution in [2.24, 2.45) is 0 Å². The molecule has 3 nitrogen and oxygen atoms in total. The highest BCUT2D eigenvalue weighted by Crippen LogP contribution is 2.45. The number of benzene rings is 1. The first-order valence-corrected chi connectivity index (χ1v) is 11.7. The van der Waals surface area contributed by atoms with E-state index in [1.807, 2.05) is 52.5 Å². The van der Waals surface area contributed by atoms with Gasteiger partial charge in [-0.25, -0.2) is 4.98 Å². The molecule has 0 bridgehead atoms. The van der Waals surface area contributed by atoms with E-state index in [9.17, 15) is 4.79 Å². The van der Waals surface area contributed by atoms with Crippen molar-refractivity contribution in [3.05, 3.63) is 57.7 Å². The van der Waals surface area contributed by atoms with Crippen molar-refractivity contribution in [1.29, 1.82) is 0 Å². The van der Waals surface area contributed by atoms with Gasteiger partial charge in [0.1, 0.15) is 10.8 Å². The number of carbonyl (C=O) groups excluding carboxylic acids is 1. The molecule has 0 saturated carbocycles. The van der Waals surface area contributed by atoms with E-state index in [-0.39, 0.29) is 12.4 Å². The van der Waals surface area contributed by atoms with Gasteiger partial charge in [-0.1, -0.05) is 12.1 Å². The van der Waals surface area contributed by atoms with Gasteiger partial charge in [0.25, 0.3) is 0 Å². The van der Waals surface area contributed by atoms with Crippen molar-refractivity contribution < 1.29 is 9.53 Å². The number of rotatable bonds is 5. The fourth-order valence-electron chi connectivity index (χ4n) is 2.47. The Labute approximate surface area is 162 Å². The van der Waals surface area contributed by atoms with Gasteiger partial charge < -0.3 is 4.74 Å². The number of nitrogens with zero attached hydrogens (tertiary/aromatic N) is 1. The van der Waals surface area contributed by atoms with Crippen LogP contribution in [0, 0.1) is 0 Å². The number of hydrogen-bond acceptors (Lipinski definition) is 7. The standard InChI is InChI=1S/C18H15NO2S4/c20-16(9-14-11-25-17(19-14)13-5-6-22-10-13)21-15-3-1-12(2-4-15)18-23-7-8-24-18/h1-6,10-11,18H,7-9H2. The summed E-state index contributed by atoms with van der Waals surface area (Å²) in [4.78, 5) is 16.7. The summed E-state index contributed by atoms with van der Waals surface area (Å²) in [7, 11) is 0. The quantitative estimate of drug-likeness (QED) is 0.414. The number of aromatic nitrogens is 1. The van der Waals surface area contributed by atoms with Gasteiger partial charge >= 0.3 is 5.97 Å². The lowest BCUT2D eigenvalue weighted by atomic mass is 10.2. The van der Waals surface area contributed by atoms with Crippen molar-refractivity contribution in [3.63, 3.8) is 0 Å². The highest BCUT2D eigenvalue weighted by Gasteiger charge is 2.18. The summed E-state index contributed by atoms with van der Waals surface area (Å²) in [5.41, 5.74) is 3.15. The first kappa shape index (κ1) is 17.1. The fraction of sp³-hybridized carbons (Fsp3) is 0.222. The van der Waals surface area contributed by atoms with Crippen LogP contribution in [0.25, 0.3) is 10.6 Å². The molecule has 3 aromatic rings. The van der Waals surface area contributed by atoms with Gasteiger partial charge in [0, 0.05) is 27.8 Å². The van der Waals surface area contributed by atoms with Crippen molar-refractivity contribution in [3.8, 4) is 16.3 Å². The number of hydrogen-bond donors (Lipinski definition) is 0. The summed E-state index contributed by atoms with van der Waals surface area (Å²) in [5.74, 6) is 2.72. The normalized spacial score (nSPS) is 14.7. The molecule has 7 heteroatoms. The van der Waals surface area contributed by atoms with Crippen LogP contribution in [-0.4, -0.2) is 22.5 Å². The summed E-state index contributed by atoms with van der Waals surface area (Å²) in [6, 6.07) is 9.90. The van der Waals surface area contributed by atoms with Crippen LogP contribution in [0.5, 0.6) is 5.75 Å². The van der Waals surface area contributed by atoms with Gasteiger partial charge in [-0.15, -0.1) is 34.9 Å². The second-order valence-electron chi connectivity index (χ2n) is 5.45. The van der Waals surface area contributed by atoms with Crippen molar-refractivity contribution in [1.82, 2.24) is 4.98 Å². The van der Waals surface area contributed by atoms with Crippen LogP contribution in [0.2, 0.25) is 0 Å². The Morgan fingerprint density at radius 2 is 1.92 bits per heavy atom. The molecule has 0 aliphatic carbocycles. The summed E-state index contributed by atoms with van der Waals surface area (Å²) in [5, 5.41) is 6.95. The molecular weight excluding hydrogens is 390 g/mol. The molecule has 1 saturated heterocycles. The van der Waals surface area contributed by atoms with E-state index in [4.69, 9.17) is 4.74 Å². The van der Waals surface area contributed by atoms with E-state index in [1.165, 1.54) is 17.1 Å². The second kappa shape index (κ2) is 7.95. The zero-order valence-corrected chi connectivity index (χ0v) is 16.5. The molecule has 0 radical (unpaired) electrons. The van der Waals surface area contributed by atoms with Gasteiger partial charge in [0.05, 0.1) is 16.7 Å². The molecule has 0 atom stereocenters. The minimum absolute atomic E-state index is 0.191. The molecule has 1 fully saturated rings. The van der Waals surface area contributed by atoms with Gasteiger partial charge in [0.15, 0.2) is 0 Å². The number of thiophene rings is 1. The van der Waals surface area contributed by atoms with E-state index >= 15 is 0 Å². The lowest BCUT2D eigenvalue weighted by Gasteiger charge is -2.09. The minimum atomic E-state index is -0.278. The molecule has 0 spiro atoms. The average molecular weight is 406 g/mol. The van der Waals surface area contributed by atoms with E-state index in [1.54, 1.807) is 22.7 Å². The maximum absolute atomic E-state index is 12.2. The lowest BCUT2D eigenvalue weighted by molar-refractivity contribution is -0.133. The highest BCUT2D eigenvalue weighted by molar-refractivity contribution is 8.19. The van der Waals surface area contributed by atoms with Crippen LogP contribution in [-0.2, 0) is 11.2 Å². The van der Waals surface area contributed by atoms with Gasteiger partial charge in [-0.3, -0.25) is 4.79 Å². The summed E-state index contributed by atoms with van der Waals surface area (Å²) in [6.07, 6.45) is 0.191. The molecule has 2 aromatic heterocycles. The van der Waals surface area contributed by atoms with Gasteiger partial charge in [-0.2, -0.15) is 11.3 Å². The maximum Gasteiger partial charge on any atom is 0.317 e. The minimum Gasteiger partial charge on any atom is -0.426 e. The molecule has 1 aromatic carbocycles. The molecule has 1 aliphatic heterocycles. The Morgan fingerprint density at radius 3 is 2.64 bits per heavy atom. The molecule has 0 N–H and O–H groups in total. The molecule has 1 aliphatic rings. The van der Waals surface area contributed by atoms with Gasteiger partial charge in [-0.05, 0) is 29.1 Å². The topological polar surface area (TPSA) is 39.2 Å². The average Bonchev–Trinajstić information content (AvgIpc) is 3.37. The number of carbonyl (C=O) groups is 1.